The van der Waals surface area contributed by atoms with Crippen molar-refractivity contribution >= 4 is 28.7 Å². The zero-order valence-corrected chi connectivity index (χ0v) is 24.8. The molecule has 2 aliphatic heterocycles. The average Bonchev–Trinajstić information content (AvgIpc) is 3.45. The van der Waals surface area contributed by atoms with Gasteiger partial charge in [-0.1, -0.05) is 18.5 Å². The van der Waals surface area contributed by atoms with Gasteiger partial charge in [0.05, 0.1) is 59.8 Å². The zero-order valence-electron chi connectivity index (χ0n) is 24.1. The minimum atomic E-state index is -0.147. The Morgan fingerprint density at radius 3 is 2.67 bits per heavy atom. The number of pyridine rings is 2. The monoisotopic (exact) mass is 600 g/mol. The molecule has 0 spiro atoms. The molecule has 4 aromatic rings. The first-order chi connectivity index (χ1) is 20.9. The predicted molar refractivity (Wildman–Crippen MR) is 161 cm³/mol. The van der Waals surface area contributed by atoms with Crippen molar-refractivity contribution in [1.29, 1.82) is 5.26 Å². The number of carbonyl (C=O) groups excluding carboxylic acids is 1. The summed E-state index contributed by atoms with van der Waals surface area (Å²) in [7, 11) is 0. The Labute approximate surface area is 255 Å². The lowest BCUT2D eigenvalue weighted by atomic mass is 9.76. The molecule has 6 heterocycles. The lowest BCUT2D eigenvalue weighted by Crippen LogP contribution is -2.40. The molecule has 6 rings (SSSR count). The maximum absolute atomic E-state index is 12.9. The number of morpholine rings is 1. The first-order valence-corrected chi connectivity index (χ1v) is 14.9. The number of halogens is 1. The van der Waals surface area contributed by atoms with Gasteiger partial charge in [0.15, 0.2) is 5.78 Å². The highest BCUT2D eigenvalue weighted by molar-refractivity contribution is 6.33. The smallest absolute Gasteiger partial charge is 0.183 e. The Morgan fingerprint density at radius 2 is 1.95 bits per heavy atom. The molecule has 4 aromatic heterocycles. The molecule has 0 aliphatic carbocycles. The van der Waals surface area contributed by atoms with Crippen molar-refractivity contribution in [1.82, 2.24) is 29.5 Å². The molecule has 0 saturated carbocycles. The van der Waals surface area contributed by atoms with Crippen LogP contribution in [0.3, 0.4) is 0 Å². The average molecular weight is 601 g/mol. The molecule has 43 heavy (non-hydrogen) atoms. The van der Waals surface area contributed by atoms with Crippen LogP contribution >= 0.6 is 11.6 Å². The maximum atomic E-state index is 12.9. The third-order valence-corrected chi connectivity index (χ3v) is 8.61. The van der Waals surface area contributed by atoms with E-state index in [9.17, 15) is 10.1 Å². The minimum Gasteiger partial charge on any atom is -0.491 e. The van der Waals surface area contributed by atoms with E-state index in [0.29, 0.717) is 46.3 Å². The van der Waals surface area contributed by atoms with Crippen LogP contribution in [0.5, 0.6) is 5.75 Å². The number of ketones is 1. The molecule has 2 fully saturated rings. The van der Waals surface area contributed by atoms with Gasteiger partial charge in [-0.25, -0.2) is 9.50 Å². The van der Waals surface area contributed by atoms with E-state index >= 15 is 0 Å². The number of hydrogen-bond acceptors (Lipinski definition) is 10. The maximum Gasteiger partial charge on any atom is 0.183 e. The minimum absolute atomic E-state index is 0.0269. The molecule has 0 aromatic carbocycles. The summed E-state index contributed by atoms with van der Waals surface area (Å²) in [5.41, 5.74) is 2.67. The van der Waals surface area contributed by atoms with E-state index in [2.05, 4.69) is 32.9 Å². The summed E-state index contributed by atoms with van der Waals surface area (Å²) in [5, 5.41) is 14.5. The van der Waals surface area contributed by atoms with E-state index < -0.39 is 0 Å². The van der Waals surface area contributed by atoms with Gasteiger partial charge in [0.2, 0.25) is 0 Å². The van der Waals surface area contributed by atoms with Crippen molar-refractivity contribution in [2.75, 3.05) is 57.4 Å². The van der Waals surface area contributed by atoms with Gasteiger partial charge in [0.25, 0.3) is 0 Å². The fraction of sp³-hybridized carbons (Fsp3) is 0.419. The quantitative estimate of drug-likeness (QED) is 0.257. The number of Topliss-reactive ketones (excluding diaryl/α,β-unsaturated/α-hetero) is 1. The molecule has 0 amide bonds. The van der Waals surface area contributed by atoms with E-state index in [1.54, 1.807) is 47.6 Å². The van der Waals surface area contributed by atoms with Gasteiger partial charge in [-0.15, -0.1) is 0 Å². The molecule has 0 bridgehead atoms. The van der Waals surface area contributed by atoms with Crippen molar-refractivity contribution in [3.63, 3.8) is 0 Å². The number of piperidine rings is 1. The van der Waals surface area contributed by atoms with Gasteiger partial charge < -0.3 is 14.4 Å². The van der Waals surface area contributed by atoms with Gasteiger partial charge in [-0.2, -0.15) is 10.4 Å². The second-order valence-electron chi connectivity index (χ2n) is 11.3. The SMILES string of the molecule is CC1(CC(=O)c2ncccc2Cl)CCN(c2cnc(-c3cc(OCCN4CCOCC4)cn4ncc(C#N)c34)cn2)CC1. The number of aromatic nitrogens is 5. The van der Waals surface area contributed by atoms with Gasteiger partial charge >= 0.3 is 0 Å². The van der Waals surface area contributed by atoms with Crippen molar-refractivity contribution in [3.8, 4) is 23.1 Å². The van der Waals surface area contributed by atoms with Crippen LogP contribution < -0.4 is 9.64 Å². The summed E-state index contributed by atoms with van der Waals surface area (Å²) in [4.78, 5) is 31.1. The molecule has 12 heteroatoms. The summed E-state index contributed by atoms with van der Waals surface area (Å²) in [5.74, 6) is 1.39. The van der Waals surface area contributed by atoms with E-state index in [0.717, 1.165) is 70.2 Å². The number of fused-ring (bicyclic) bond motifs is 1. The van der Waals surface area contributed by atoms with Gasteiger partial charge in [-0.05, 0) is 36.5 Å². The van der Waals surface area contributed by atoms with Crippen LogP contribution in [0.4, 0.5) is 5.82 Å². The highest BCUT2D eigenvalue weighted by atomic mass is 35.5. The first-order valence-electron chi connectivity index (χ1n) is 14.5. The van der Waals surface area contributed by atoms with Gasteiger partial charge in [-0.3, -0.25) is 19.7 Å². The van der Waals surface area contributed by atoms with Crippen molar-refractivity contribution in [3.05, 3.63) is 65.5 Å². The first kappa shape index (κ1) is 29.0. The summed E-state index contributed by atoms with van der Waals surface area (Å²) in [6, 6.07) is 7.56. The van der Waals surface area contributed by atoms with E-state index in [1.165, 1.54) is 0 Å². The van der Waals surface area contributed by atoms with E-state index in [1.807, 2.05) is 6.07 Å². The van der Waals surface area contributed by atoms with Crippen LogP contribution in [0.1, 0.15) is 42.2 Å². The van der Waals surface area contributed by atoms with Crippen molar-refractivity contribution < 1.29 is 14.3 Å². The van der Waals surface area contributed by atoms with E-state index in [-0.39, 0.29) is 11.2 Å². The van der Waals surface area contributed by atoms with Crippen LogP contribution in [-0.2, 0) is 4.74 Å². The fourth-order valence-electron chi connectivity index (χ4n) is 5.71. The second kappa shape index (κ2) is 12.6. The zero-order chi connectivity index (χ0) is 29.8. The highest BCUT2D eigenvalue weighted by Gasteiger charge is 2.34. The lowest BCUT2D eigenvalue weighted by Gasteiger charge is -2.39. The third kappa shape index (κ3) is 6.46. The Kier molecular flexibility index (Phi) is 8.51. The number of rotatable bonds is 9. The van der Waals surface area contributed by atoms with Crippen LogP contribution in [-0.4, -0.2) is 87.8 Å². The second-order valence-corrected chi connectivity index (χ2v) is 11.8. The van der Waals surface area contributed by atoms with Crippen LogP contribution in [0.2, 0.25) is 5.02 Å². The predicted octanol–water partition coefficient (Wildman–Crippen LogP) is 4.30. The number of nitriles is 1. The Morgan fingerprint density at radius 1 is 1.14 bits per heavy atom. The Balaban J connectivity index is 1.14. The summed E-state index contributed by atoms with van der Waals surface area (Å²) in [6.45, 7) is 8.26. The molecule has 222 valence electrons. The van der Waals surface area contributed by atoms with Crippen molar-refractivity contribution in [2.45, 2.75) is 26.2 Å². The van der Waals surface area contributed by atoms with Crippen LogP contribution in [0.25, 0.3) is 16.8 Å². The number of nitrogens with zero attached hydrogens (tertiary/aromatic N) is 8. The van der Waals surface area contributed by atoms with E-state index in [4.69, 9.17) is 31.0 Å². The molecule has 11 nitrogen and oxygen atoms in total. The third-order valence-electron chi connectivity index (χ3n) is 8.31. The molecular formula is C31H33ClN8O3. The Hall–Kier alpha value is -4.11. The number of anilines is 1. The molecule has 2 aliphatic rings. The number of carbonyl (C=O) groups is 1. The molecule has 0 unspecified atom stereocenters. The standard InChI is InChI=1S/C31H33ClN8O3/c1-31(16-27(41)29-25(32)3-2-6-34-29)4-7-39(8-5-31)28-20-35-26(19-36-28)24-15-23(21-40-30(24)22(17-33)18-37-40)43-14-11-38-9-12-42-13-10-38/h2-3,6,15,18-21H,4-5,7-14,16H2,1H3. The summed E-state index contributed by atoms with van der Waals surface area (Å²) >= 11 is 6.21. The Bertz CT molecular complexity index is 1640. The molecule has 0 radical (unpaired) electrons. The largest absolute Gasteiger partial charge is 0.491 e. The van der Waals surface area contributed by atoms with Crippen LogP contribution in [0, 0.1) is 16.7 Å². The topological polar surface area (TPSA) is 122 Å². The summed E-state index contributed by atoms with van der Waals surface area (Å²) in [6.07, 6.45) is 10.5. The highest BCUT2D eigenvalue weighted by Crippen LogP contribution is 2.37. The molecule has 0 atom stereocenters. The number of ether oxygens (including phenoxy) is 2. The molecule has 2 saturated heterocycles. The van der Waals surface area contributed by atoms with Gasteiger partial charge in [0.1, 0.15) is 29.9 Å². The van der Waals surface area contributed by atoms with Crippen molar-refractivity contribution in [2.24, 2.45) is 5.41 Å². The fourth-order valence-corrected chi connectivity index (χ4v) is 5.94. The molecule has 0 N–H and O–H groups in total. The number of hydrogen-bond donors (Lipinski definition) is 0. The van der Waals surface area contributed by atoms with Gasteiger partial charge in [0, 0.05) is 50.9 Å². The molecular weight excluding hydrogens is 568 g/mol. The normalized spacial score (nSPS) is 17.1. The van der Waals surface area contributed by atoms with Crippen LogP contribution in [0.15, 0.2) is 49.2 Å². The summed E-state index contributed by atoms with van der Waals surface area (Å²) < 4.78 is 13.2. The lowest BCUT2D eigenvalue weighted by molar-refractivity contribution is 0.0322.